The first-order chi connectivity index (χ1) is 10.2. The van der Waals surface area contributed by atoms with E-state index < -0.39 is 12.0 Å². The van der Waals surface area contributed by atoms with Crippen LogP contribution in [0.25, 0.3) is 0 Å². The van der Waals surface area contributed by atoms with Crippen molar-refractivity contribution in [1.29, 1.82) is 0 Å². The van der Waals surface area contributed by atoms with Crippen molar-refractivity contribution in [3.63, 3.8) is 0 Å². The van der Waals surface area contributed by atoms with Gasteiger partial charge in [-0.15, -0.1) is 0 Å². The maximum absolute atomic E-state index is 12.4. The number of carboxylic acid groups (broad SMARTS) is 1. The summed E-state index contributed by atoms with van der Waals surface area (Å²) in [6.45, 7) is 0.312. The smallest absolute Gasteiger partial charge is 0.548 e. The Balaban J connectivity index is 0.00000176. The topological polar surface area (TPSA) is 101 Å². The summed E-state index contributed by atoms with van der Waals surface area (Å²) in [7, 11) is 0. The van der Waals surface area contributed by atoms with Crippen molar-refractivity contribution in [3.05, 3.63) is 18.0 Å². The van der Waals surface area contributed by atoms with Crippen LogP contribution in [0.3, 0.4) is 0 Å². The quantitative estimate of drug-likeness (QED) is 0.577. The number of amides is 2. The average Bonchev–Trinajstić information content (AvgIpc) is 3.11. The first kappa shape index (κ1) is 17.9. The van der Waals surface area contributed by atoms with E-state index in [2.05, 4.69) is 15.5 Å². The fraction of sp³-hybridized carbons (Fsp3) is 0.643. The third kappa shape index (κ3) is 3.73. The standard InChI is InChI=1S/C14H20N4O3.K/c19-13(20)12-7-9-3-1-2-4-11(9)18(12)14(21)15-8-10-5-6-16-17-10;/h5-6,9,11-12H,1-4,7-8H2,(H,15,21)(H,16,17)(H,19,20);/q;+1/p-1. The molecular weight excluding hydrogens is 311 g/mol. The molecule has 1 aromatic rings. The molecule has 1 aromatic heterocycles. The van der Waals surface area contributed by atoms with Crippen molar-refractivity contribution in [2.75, 3.05) is 0 Å². The van der Waals surface area contributed by atoms with Crippen molar-refractivity contribution in [3.8, 4) is 0 Å². The maximum Gasteiger partial charge on any atom is 1.00 e. The molecule has 1 saturated heterocycles. The molecule has 1 saturated carbocycles. The van der Waals surface area contributed by atoms with Crippen molar-refractivity contribution < 1.29 is 66.1 Å². The van der Waals surface area contributed by atoms with Gasteiger partial charge in [0.05, 0.1) is 24.2 Å². The average molecular weight is 330 g/mol. The summed E-state index contributed by atoms with van der Waals surface area (Å²) in [5.41, 5.74) is 0.785. The molecule has 2 amide bonds. The minimum absolute atomic E-state index is 0. The number of aliphatic carboxylic acids is 1. The molecule has 2 N–H and O–H groups in total. The zero-order valence-electron chi connectivity index (χ0n) is 12.7. The molecule has 0 radical (unpaired) electrons. The van der Waals surface area contributed by atoms with Gasteiger partial charge in [-0.2, -0.15) is 5.10 Å². The number of carboxylic acids is 1. The monoisotopic (exact) mass is 330 g/mol. The molecule has 2 heterocycles. The van der Waals surface area contributed by atoms with E-state index in [1.54, 1.807) is 12.3 Å². The van der Waals surface area contributed by atoms with E-state index in [0.29, 0.717) is 18.9 Å². The molecule has 1 aliphatic carbocycles. The van der Waals surface area contributed by atoms with Crippen LogP contribution in [0.5, 0.6) is 0 Å². The van der Waals surface area contributed by atoms with Crippen LogP contribution in [0, 0.1) is 5.92 Å². The Hall–Kier alpha value is -0.414. The van der Waals surface area contributed by atoms with Gasteiger partial charge in [-0.1, -0.05) is 12.8 Å². The molecule has 22 heavy (non-hydrogen) atoms. The van der Waals surface area contributed by atoms with Crippen LogP contribution in [-0.2, 0) is 11.3 Å². The number of aromatic nitrogens is 2. The second-order valence-electron chi connectivity index (χ2n) is 5.83. The van der Waals surface area contributed by atoms with E-state index in [1.165, 1.54) is 4.90 Å². The summed E-state index contributed by atoms with van der Waals surface area (Å²) in [4.78, 5) is 25.2. The van der Waals surface area contributed by atoms with Crippen LogP contribution >= 0.6 is 0 Å². The fourth-order valence-electron chi connectivity index (χ4n) is 3.61. The molecule has 0 aromatic carbocycles. The van der Waals surface area contributed by atoms with Gasteiger partial charge < -0.3 is 20.1 Å². The van der Waals surface area contributed by atoms with Crippen LogP contribution in [0.4, 0.5) is 4.79 Å². The zero-order chi connectivity index (χ0) is 14.8. The first-order valence-electron chi connectivity index (χ1n) is 7.42. The van der Waals surface area contributed by atoms with Crippen molar-refractivity contribution in [2.45, 2.75) is 50.7 Å². The third-order valence-corrected chi connectivity index (χ3v) is 4.58. The molecule has 114 valence electrons. The number of aromatic amines is 1. The van der Waals surface area contributed by atoms with Crippen LogP contribution in [-0.4, -0.2) is 39.2 Å². The SMILES string of the molecule is O=C([O-])C1CC2CCCCC2N1C(=O)NCc1ccn[nH]1.[K+]. The fourth-order valence-corrected chi connectivity index (χ4v) is 3.61. The zero-order valence-corrected chi connectivity index (χ0v) is 15.9. The number of hydrogen-bond acceptors (Lipinski definition) is 4. The van der Waals surface area contributed by atoms with Gasteiger partial charge in [0.15, 0.2) is 0 Å². The minimum Gasteiger partial charge on any atom is -0.548 e. The van der Waals surface area contributed by atoms with Crippen molar-refractivity contribution in [1.82, 2.24) is 20.4 Å². The summed E-state index contributed by atoms with van der Waals surface area (Å²) >= 11 is 0. The number of nitrogens with one attached hydrogen (secondary N) is 2. The van der Waals surface area contributed by atoms with Gasteiger partial charge in [-0.05, 0) is 31.2 Å². The van der Waals surface area contributed by atoms with Gasteiger partial charge in [0.25, 0.3) is 0 Å². The molecule has 7 nitrogen and oxygen atoms in total. The van der Waals surface area contributed by atoms with Crippen molar-refractivity contribution >= 4 is 12.0 Å². The molecular formula is C14H19KN4O3. The molecule has 3 unspecified atom stereocenters. The largest absolute Gasteiger partial charge is 1.00 e. The Labute approximate surface area is 171 Å². The second kappa shape index (κ2) is 7.92. The molecule has 2 aliphatic rings. The van der Waals surface area contributed by atoms with Gasteiger partial charge in [0, 0.05) is 12.2 Å². The Bertz CT molecular complexity index is 522. The second-order valence-corrected chi connectivity index (χ2v) is 5.83. The number of hydrogen-bond donors (Lipinski definition) is 2. The van der Waals surface area contributed by atoms with Crippen molar-refractivity contribution in [2.24, 2.45) is 5.92 Å². The van der Waals surface area contributed by atoms with Gasteiger partial charge in [0.1, 0.15) is 0 Å². The molecule has 3 atom stereocenters. The van der Waals surface area contributed by atoms with E-state index in [-0.39, 0.29) is 63.5 Å². The van der Waals surface area contributed by atoms with Crippen LogP contribution < -0.4 is 61.8 Å². The Morgan fingerprint density at radius 3 is 2.86 bits per heavy atom. The van der Waals surface area contributed by atoms with E-state index in [9.17, 15) is 14.7 Å². The van der Waals surface area contributed by atoms with Gasteiger partial charge in [-0.3, -0.25) is 5.10 Å². The Morgan fingerprint density at radius 1 is 1.41 bits per heavy atom. The summed E-state index contributed by atoms with van der Waals surface area (Å²) in [5.74, 6) is -0.861. The maximum atomic E-state index is 12.4. The number of fused-ring (bicyclic) bond motifs is 1. The predicted molar refractivity (Wildman–Crippen MR) is 71.8 cm³/mol. The van der Waals surface area contributed by atoms with Gasteiger partial charge >= 0.3 is 57.4 Å². The van der Waals surface area contributed by atoms with Crippen LogP contribution in [0.15, 0.2) is 12.3 Å². The number of carbonyl (C=O) groups excluding carboxylic acids is 2. The molecule has 2 fully saturated rings. The number of carbonyl (C=O) groups is 2. The first-order valence-corrected chi connectivity index (χ1v) is 7.42. The minimum atomic E-state index is -1.15. The van der Waals surface area contributed by atoms with Gasteiger partial charge in [-0.25, -0.2) is 4.79 Å². The number of rotatable bonds is 3. The number of urea groups is 1. The molecule has 8 heteroatoms. The summed E-state index contributed by atoms with van der Waals surface area (Å²) in [6.07, 6.45) is 6.17. The van der Waals surface area contributed by atoms with Crippen LogP contribution in [0.1, 0.15) is 37.8 Å². The predicted octanol–water partition coefficient (Wildman–Crippen LogP) is -2.99. The van der Waals surface area contributed by atoms with E-state index in [1.807, 2.05) is 0 Å². The third-order valence-electron chi connectivity index (χ3n) is 4.58. The molecule has 0 bridgehead atoms. The summed E-state index contributed by atoms with van der Waals surface area (Å²) < 4.78 is 0. The summed E-state index contributed by atoms with van der Waals surface area (Å²) in [5, 5.41) is 20.7. The molecule has 0 spiro atoms. The van der Waals surface area contributed by atoms with E-state index in [0.717, 1.165) is 31.4 Å². The number of nitrogens with zero attached hydrogens (tertiary/aromatic N) is 2. The number of H-pyrrole nitrogens is 1. The Kier molecular flexibility index (Phi) is 6.45. The van der Waals surface area contributed by atoms with Crippen LogP contribution in [0.2, 0.25) is 0 Å². The number of likely N-dealkylation sites (tertiary alicyclic amines) is 1. The normalized spacial score (nSPS) is 26.9. The van der Waals surface area contributed by atoms with E-state index >= 15 is 0 Å². The molecule has 3 rings (SSSR count). The Morgan fingerprint density at radius 2 is 2.18 bits per heavy atom. The molecule has 1 aliphatic heterocycles. The van der Waals surface area contributed by atoms with E-state index in [4.69, 9.17) is 0 Å². The van der Waals surface area contributed by atoms with Gasteiger partial charge in [0.2, 0.25) is 0 Å². The summed E-state index contributed by atoms with van der Waals surface area (Å²) in [6, 6.07) is 0.667.